The minimum Gasteiger partial charge on any atom is -0.385 e. The molecular formula is C18H24N4O3. The number of benzene rings is 1. The molecule has 1 aromatic heterocycles. The van der Waals surface area contributed by atoms with Crippen LogP contribution >= 0.6 is 0 Å². The Morgan fingerprint density at radius 2 is 2.24 bits per heavy atom. The number of hydrogen-bond donors (Lipinski definition) is 3. The zero-order valence-electron chi connectivity index (χ0n) is 14.4. The van der Waals surface area contributed by atoms with Gasteiger partial charge in [-0.15, -0.1) is 0 Å². The molecule has 7 nitrogen and oxygen atoms in total. The van der Waals surface area contributed by atoms with Crippen LogP contribution in [0.25, 0.3) is 11.0 Å². The summed E-state index contributed by atoms with van der Waals surface area (Å²) in [6.07, 6.45) is 3.23. The number of rotatable bonds is 5. The number of aliphatic hydroxyl groups is 1. The van der Waals surface area contributed by atoms with Gasteiger partial charge in [0, 0.05) is 31.6 Å². The predicted molar refractivity (Wildman–Crippen MR) is 95.0 cm³/mol. The van der Waals surface area contributed by atoms with E-state index in [1.54, 1.807) is 30.0 Å². The molecule has 0 radical (unpaired) electrons. The van der Waals surface area contributed by atoms with E-state index in [0.29, 0.717) is 24.5 Å². The SMILES string of the molecule is CC(O)c1nc2ccc(NC(=O)CCN3CCCCCC3=O)cc2[nH]1. The van der Waals surface area contributed by atoms with Crippen LogP contribution in [0.4, 0.5) is 5.69 Å². The lowest BCUT2D eigenvalue weighted by Crippen LogP contribution is -2.33. The van der Waals surface area contributed by atoms with Crippen molar-refractivity contribution in [1.29, 1.82) is 0 Å². The fourth-order valence-corrected chi connectivity index (χ4v) is 3.04. The van der Waals surface area contributed by atoms with E-state index in [2.05, 4.69) is 15.3 Å². The number of carbonyl (C=O) groups excluding carboxylic acids is 2. The number of anilines is 1. The molecule has 0 spiro atoms. The van der Waals surface area contributed by atoms with E-state index in [1.165, 1.54) is 0 Å². The van der Waals surface area contributed by atoms with Gasteiger partial charge in [0.15, 0.2) is 0 Å². The van der Waals surface area contributed by atoms with E-state index in [-0.39, 0.29) is 18.2 Å². The Balaban J connectivity index is 1.58. The molecule has 1 fully saturated rings. The molecule has 0 saturated carbocycles. The van der Waals surface area contributed by atoms with E-state index in [0.717, 1.165) is 36.8 Å². The Morgan fingerprint density at radius 3 is 3.04 bits per heavy atom. The second kappa shape index (κ2) is 7.65. The van der Waals surface area contributed by atoms with Gasteiger partial charge >= 0.3 is 0 Å². The van der Waals surface area contributed by atoms with E-state index < -0.39 is 6.10 Å². The van der Waals surface area contributed by atoms with E-state index in [4.69, 9.17) is 0 Å². The van der Waals surface area contributed by atoms with Gasteiger partial charge in [0.25, 0.3) is 0 Å². The minimum absolute atomic E-state index is 0.119. The molecule has 2 aromatic rings. The van der Waals surface area contributed by atoms with Crippen molar-refractivity contribution >= 4 is 28.5 Å². The topological polar surface area (TPSA) is 98.3 Å². The molecule has 1 unspecified atom stereocenters. The molecule has 0 bridgehead atoms. The number of nitrogens with zero attached hydrogens (tertiary/aromatic N) is 2. The third-order valence-corrected chi connectivity index (χ3v) is 4.46. The van der Waals surface area contributed by atoms with Crippen molar-refractivity contribution in [2.75, 3.05) is 18.4 Å². The van der Waals surface area contributed by atoms with Crippen LogP contribution in [-0.4, -0.2) is 44.9 Å². The van der Waals surface area contributed by atoms with E-state index >= 15 is 0 Å². The lowest BCUT2D eigenvalue weighted by Gasteiger charge is -2.20. The summed E-state index contributed by atoms with van der Waals surface area (Å²) >= 11 is 0. The summed E-state index contributed by atoms with van der Waals surface area (Å²) in [5.41, 5.74) is 2.17. The molecule has 0 aliphatic carbocycles. The first-order valence-corrected chi connectivity index (χ1v) is 8.78. The second-order valence-electron chi connectivity index (χ2n) is 6.52. The largest absolute Gasteiger partial charge is 0.385 e. The van der Waals surface area contributed by atoms with Gasteiger partial charge in [-0.1, -0.05) is 6.42 Å². The Kier molecular flexibility index (Phi) is 5.33. The molecule has 1 saturated heterocycles. The third kappa shape index (κ3) is 4.36. The zero-order valence-corrected chi connectivity index (χ0v) is 14.4. The van der Waals surface area contributed by atoms with Gasteiger partial charge < -0.3 is 20.3 Å². The van der Waals surface area contributed by atoms with Gasteiger partial charge in [0.1, 0.15) is 11.9 Å². The number of fused-ring (bicyclic) bond motifs is 1. The summed E-state index contributed by atoms with van der Waals surface area (Å²) in [6, 6.07) is 5.37. The lowest BCUT2D eigenvalue weighted by atomic mass is 10.2. The average Bonchev–Trinajstić information content (AvgIpc) is 2.90. The number of hydrogen-bond acceptors (Lipinski definition) is 4. The van der Waals surface area contributed by atoms with E-state index in [1.807, 2.05) is 0 Å². The molecule has 2 amide bonds. The fraction of sp³-hybridized carbons (Fsp3) is 0.500. The van der Waals surface area contributed by atoms with Crippen molar-refractivity contribution in [3.8, 4) is 0 Å². The maximum atomic E-state index is 12.2. The number of carbonyl (C=O) groups is 2. The quantitative estimate of drug-likeness (QED) is 0.775. The van der Waals surface area contributed by atoms with E-state index in [9.17, 15) is 14.7 Å². The second-order valence-corrected chi connectivity index (χ2v) is 6.52. The van der Waals surface area contributed by atoms with Crippen LogP contribution in [0.3, 0.4) is 0 Å². The summed E-state index contributed by atoms with van der Waals surface area (Å²) in [5.74, 6) is 0.527. The van der Waals surface area contributed by atoms with Crippen molar-refractivity contribution in [2.45, 2.75) is 45.1 Å². The van der Waals surface area contributed by atoms with Gasteiger partial charge in [0.05, 0.1) is 11.0 Å². The first-order valence-electron chi connectivity index (χ1n) is 8.78. The van der Waals surface area contributed by atoms with Crippen LogP contribution in [-0.2, 0) is 9.59 Å². The highest BCUT2D eigenvalue weighted by Crippen LogP contribution is 2.20. The number of aromatic nitrogens is 2. The summed E-state index contributed by atoms with van der Waals surface area (Å²) in [7, 11) is 0. The Morgan fingerprint density at radius 1 is 1.40 bits per heavy atom. The number of aliphatic hydroxyl groups excluding tert-OH is 1. The molecule has 1 aliphatic rings. The number of likely N-dealkylation sites (tertiary alicyclic amines) is 1. The van der Waals surface area contributed by atoms with Gasteiger partial charge in [-0.2, -0.15) is 0 Å². The smallest absolute Gasteiger partial charge is 0.226 e. The Bertz CT molecular complexity index is 769. The van der Waals surface area contributed by atoms with Crippen LogP contribution in [0.15, 0.2) is 18.2 Å². The first kappa shape index (κ1) is 17.4. The molecule has 134 valence electrons. The molecule has 25 heavy (non-hydrogen) atoms. The summed E-state index contributed by atoms with van der Waals surface area (Å²) in [6.45, 7) is 2.85. The summed E-state index contributed by atoms with van der Waals surface area (Å²) in [5, 5.41) is 12.4. The molecule has 1 atom stereocenters. The number of imidazole rings is 1. The van der Waals surface area contributed by atoms with Crippen molar-refractivity contribution < 1.29 is 14.7 Å². The zero-order chi connectivity index (χ0) is 17.8. The molecule has 1 aromatic carbocycles. The highest BCUT2D eigenvalue weighted by molar-refractivity contribution is 5.93. The van der Waals surface area contributed by atoms with Crippen molar-refractivity contribution in [1.82, 2.24) is 14.9 Å². The van der Waals surface area contributed by atoms with Crippen molar-refractivity contribution in [3.05, 3.63) is 24.0 Å². The highest BCUT2D eigenvalue weighted by Gasteiger charge is 2.17. The normalized spacial score (nSPS) is 16.7. The molecule has 3 N–H and O–H groups in total. The van der Waals surface area contributed by atoms with Crippen LogP contribution in [0.1, 0.15) is 51.0 Å². The maximum Gasteiger partial charge on any atom is 0.226 e. The molecular weight excluding hydrogens is 320 g/mol. The predicted octanol–water partition coefficient (Wildman–Crippen LogP) is 2.35. The van der Waals surface area contributed by atoms with Gasteiger partial charge in [-0.3, -0.25) is 9.59 Å². The Labute approximate surface area is 146 Å². The maximum absolute atomic E-state index is 12.2. The summed E-state index contributed by atoms with van der Waals surface area (Å²) in [4.78, 5) is 33.2. The van der Waals surface area contributed by atoms with Crippen LogP contribution in [0, 0.1) is 0 Å². The van der Waals surface area contributed by atoms with Crippen LogP contribution in [0.2, 0.25) is 0 Å². The monoisotopic (exact) mass is 344 g/mol. The molecule has 3 rings (SSSR count). The van der Waals surface area contributed by atoms with Crippen molar-refractivity contribution in [3.63, 3.8) is 0 Å². The Hall–Kier alpha value is -2.41. The molecule has 7 heteroatoms. The van der Waals surface area contributed by atoms with Crippen LogP contribution in [0.5, 0.6) is 0 Å². The van der Waals surface area contributed by atoms with Gasteiger partial charge in [-0.25, -0.2) is 4.98 Å². The highest BCUT2D eigenvalue weighted by atomic mass is 16.3. The van der Waals surface area contributed by atoms with Crippen molar-refractivity contribution in [2.24, 2.45) is 0 Å². The molecule has 2 heterocycles. The molecule has 1 aliphatic heterocycles. The standard InChI is InChI=1S/C18H24N4O3/c1-12(23)18-20-14-7-6-13(11-15(14)21-18)19-16(24)8-10-22-9-4-2-3-5-17(22)25/h6-7,11-12,23H,2-5,8-10H2,1H3,(H,19,24)(H,20,21). The fourth-order valence-electron chi connectivity index (χ4n) is 3.04. The van der Waals surface area contributed by atoms with Gasteiger partial charge in [-0.05, 0) is 38.0 Å². The number of aromatic amines is 1. The minimum atomic E-state index is -0.670. The average molecular weight is 344 g/mol. The number of nitrogens with one attached hydrogen (secondary N) is 2. The van der Waals surface area contributed by atoms with Gasteiger partial charge in [0.2, 0.25) is 11.8 Å². The lowest BCUT2D eigenvalue weighted by molar-refractivity contribution is -0.131. The number of H-pyrrole nitrogens is 1. The van der Waals surface area contributed by atoms with Crippen LogP contribution < -0.4 is 5.32 Å². The summed E-state index contributed by atoms with van der Waals surface area (Å²) < 4.78 is 0. The third-order valence-electron chi connectivity index (χ3n) is 4.46. The number of amides is 2. The first-order chi connectivity index (χ1) is 12.0.